The van der Waals surface area contributed by atoms with Gasteiger partial charge in [0.15, 0.2) is 0 Å². The highest BCUT2D eigenvalue weighted by atomic mass is 32.2. The lowest BCUT2D eigenvalue weighted by Crippen LogP contribution is -2.46. The van der Waals surface area contributed by atoms with Gasteiger partial charge < -0.3 is 10.4 Å². The van der Waals surface area contributed by atoms with Crippen LogP contribution in [0.15, 0.2) is 0 Å². The van der Waals surface area contributed by atoms with Gasteiger partial charge in [-0.2, -0.15) is 0 Å². The summed E-state index contributed by atoms with van der Waals surface area (Å²) in [6.07, 6.45) is 0.505. The fourth-order valence-electron chi connectivity index (χ4n) is 1.14. The standard InChI is InChI=1S/C10H22N2O4S/c1-4-5-17(15,16)12-9(3)10(14)11-6-8(2)7-13/h8-9,12-13H,4-7H2,1-3H3,(H,11,14). The molecule has 17 heavy (non-hydrogen) atoms. The SMILES string of the molecule is CCCS(=O)(=O)NC(C)C(=O)NCC(C)CO. The molecular weight excluding hydrogens is 244 g/mol. The highest BCUT2D eigenvalue weighted by Crippen LogP contribution is 1.94. The van der Waals surface area contributed by atoms with Crippen molar-refractivity contribution < 1.29 is 18.3 Å². The van der Waals surface area contributed by atoms with Crippen LogP contribution in [0.1, 0.15) is 27.2 Å². The first-order valence-electron chi connectivity index (χ1n) is 5.71. The monoisotopic (exact) mass is 266 g/mol. The molecule has 7 heteroatoms. The molecule has 0 bridgehead atoms. The fourth-order valence-corrected chi connectivity index (χ4v) is 2.44. The highest BCUT2D eigenvalue weighted by molar-refractivity contribution is 7.89. The van der Waals surface area contributed by atoms with Crippen LogP contribution in [0.4, 0.5) is 0 Å². The fraction of sp³-hybridized carbons (Fsp3) is 0.900. The number of sulfonamides is 1. The Balaban J connectivity index is 4.14. The summed E-state index contributed by atoms with van der Waals surface area (Å²) < 4.78 is 25.1. The van der Waals surface area contributed by atoms with Gasteiger partial charge in [-0.25, -0.2) is 13.1 Å². The number of rotatable bonds is 8. The second kappa shape index (κ2) is 7.62. The summed E-state index contributed by atoms with van der Waals surface area (Å²) in [6.45, 7) is 5.34. The lowest BCUT2D eigenvalue weighted by atomic mass is 10.2. The Morgan fingerprint density at radius 3 is 2.41 bits per heavy atom. The van der Waals surface area contributed by atoms with Gasteiger partial charge in [0.05, 0.1) is 11.8 Å². The molecule has 0 fully saturated rings. The second-order valence-corrected chi connectivity index (χ2v) is 6.06. The molecule has 102 valence electrons. The summed E-state index contributed by atoms with van der Waals surface area (Å²) in [6, 6.07) is -0.794. The summed E-state index contributed by atoms with van der Waals surface area (Å²) in [5.74, 6) is -0.416. The number of aliphatic hydroxyl groups excluding tert-OH is 1. The number of amides is 1. The van der Waals surface area contributed by atoms with Gasteiger partial charge in [0.1, 0.15) is 0 Å². The van der Waals surface area contributed by atoms with Crippen LogP contribution in [0.2, 0.25) is 0 Å². The minimum atomic E-state index is -3.38. The molecule has 0 rings (SSSR count). The van der Waals surface area contributed by atoms with Gasteiger partial charge in [-0.1, -0.05) is 13.8 Å². The van der Waals surface area contributed by atoms with Crippen LogP contribution in [0.5, 0.6) is 0 Å². The maximum atomic E-state index is 11.5. The lowest BCUT2D eigenvalue weighted by molar-refractivity contribution is -0.122. The van der Waals surface area contributed by atoms with E-state index >= 15 is 0 Å². The molecule has 1 amide bonds. The molecule has 0 heterocycles. The Hall–Kier alpha value is -0.660. The zero-order valence-corrected chi connectivity index (χ0v) is 11.4. The Morgan fingerprint density at radius 2 is 1.94 bits per heavy atom. The molecule has 0 aromatic carbocycles. The minimum absolute atomic E-state index is 0.0116. The van der Waals surface area contributed by atoms with Crippen molar-refractivity contribution in [1.29, 1.82) is 0 Å². The topological polar surface area (TPSA) is 95.5 Å². The first-order chi connectivity index (χ1) is 7.82. The van der Waals surface area contributed by atoms with Crippen molar-refractivity contribution >= 4 is 15.9 Å². The molecule has 0 aliphatic rings. The van der Waals surface area contributed by atoms with Crippen LogP contribution in [0, 0.1) is 5.92 Å². The van der Waals surface area contributed by atoms with E-state index in [1.807, 2.05) is 0 Å². The average molecular weight is 266 g/mol. The number of carbonyl (C=O) groups is 1. The zero-order valence-electron chi connectivity index (χ0n) is 10.6. The Bertz CT molecular complexity index is 329. The highest BCUT2D eigenvalue weighted by Gasteiger charge is 2.19. The van der Waals surface area contributed by atoms with Gasteiger partial charge in [0.25, 0.3) is 0 Å². The quantitative estimate of drug-likeness (QED) is 0.549. The van der Waals surface area contributed by atoms with Crippen LogP contribution < -0.4 is 10.0 Å². The summed E-state index contributed by atoms with van der Waals surface area (Å²) in [4.78, 5) is 11.5. The summed E-state index contributed by atoms with van der Waals surface area (Å²) in [5.41, 5.74) is 0. The number of aliphatic hydroxyl groups is 1. The van der Waals surface area contributed by atoms with E-state index in [1.54, 1.807) is 13.8 Å². The van der Waals surface area contributed by atoms with E-state index in [0.717, 1.165) is 0 Å². The van der Waals surface area contributed by atoms with E-state index < -0.39 is 16.1 Å². The van der Waals surface area contributed by atoms with Gasteiger partial charge in [-0.3, -0.25) is 4.79 Å². The Kier molecular flexibility index (Phi) is 7.33. The number of hydrogen-bond donors (Lipinski definition) is 3. The maximum Gasteiger partial charge on any atom is 0.237 e. The van der Waals surface area contributed by atoms with Gasteiger partial charge in [0.2, 0.25) is 15.9 Å². The van der Waals surface area contributed by atoms with E-state index in [4.69, 9.17) is 5.11 Å². The van der Waals surface area contributed by atoms with Crippen LogP contribution in [0.25, 0.3) is 0 Å². The molecule has 0 saturated heterocycles. The lowest BCUT2D eigenvalue weighted by Gasteiger charge is -2.15. The zero-order chi connectivity index (χ0) is 13.5. The molecule has 2 atom stereocenters. The minimum Gasteiger partial charge on any atom is -0.396 e. The van der Waals surface area contributed by atoms with Crippen molar-refractivity contribution in [2.24, 2.45) is 5.92 Å². The summed E-state index contributed by atoms with van der Waals surface area (Å²) in [5, 5.41) is 11.4. The molecule has 6 nitrogen and oxygen atoms in total. The van der Waals surface area contributed by atoms with E-state index in [9.17, 15) is 13.2 Å². The maximum absolute atomic E-state index is 11.5. The van der Waals surface area contributed by atoms with Gasteiger partial charge in [0, 0.05) is 13.2 Å². The summed E-state index contributed by atoms with van der Waals surface area (Å²) in [7, 11) is -3.38. The van der Waals surface area contributed by atoms with Crippen molar-refractivity contribution in [3.63, 3.8) is 0 Å². The van der Waals surface area contributed by atoms with E-state index in [0.29, 0.717) is 13.0 Å². The van der Waals surface area contributed by atoms with E-state index in [2.05, 4.69) is 10.0 Å². The third-order valence-corrected chi connectivity index (χ3v) is 3.82. The molecular formula is C10H22N2O4S. The van der Waals surface area contributed by atoms with Gasteiger partial charge in [-0.05, 0) is 19.3 Å². The molecule has 0 aromatic heterocycles. The average Bonchev–Trinajstić information content (AvgIpc) is 2.24. The first-order valence-corrected chi connectivity index (χ1v) is 7.36. The third kappa shape index (κ3) is 7.30. The van der Waals surface area contributed by atoms with E-state index in [-0.39, 0.29) is 24.2 Å². The van der Waals surface area contributed by atoms with Gasteiger partial charge in [-0.15, -0.1) is 0 Å². The van der Waals surface area contributed by atoms with Crippen molar-refractivity contribution in [2.75, 3.05) is 18.9 Å². The molecule has 0 aromatic rings. The molecule has 0 spiro atoms. The normalized spacial score (nSPS) is 15.3. The molecule has 2 unspecified atom stereocenters. The Labute approximate surface area is 103 Å². The van der Waals surface area contributed by atoms with Gasteiger partial charge >= 0.3 is 0 Å². The predicted molar refractivity (Wildman–Crippen MR) is 65.9 cm³/mol. The third-order valence-electron chi connectivity index (χ3n) is 2.16. The molecule has 0 radical (unpaired) electrons. The predicted octanol–water partition coefficient (Wildman–Crippen LogP) is -0.551. The largest absolute Gasteiger partial charge is 0.396 e. The van der Waals surface area contributed by atoms with Crippen molar-refractivity contribution in [3.05, 3.63) is 0 Å². The van der Waals surface area contributed by atoms with E-state index in [1.165, 1.54) is 6.92 Å². The second-order valence-electron chi connectivity index (χ2n) is 4.19. The Morgan fingerprint density at radius 1 is 1.35 bits per heavy atom. The summed E-state index contributed by atoms with van der Waals surface area (Å²) >= 11 is 0. The van der Waals surface area contributed by atoms with Crippen LogP contribution in [0.3, 0.4) is 0 Å². The van der Waals surface area contributed by atoms with Crippen molar-refractivity contribution in [3.8, 4) is 0 Å². The van der Waals surface area contributed by atoms with Crippen LogP contribution >= 0.6 is 0 Å². The molecule has 3 N–H and O–H groups in total. The van der Waals surface area contributed by atoms with Crippen LogP contribution in [-0.2, 0) is 14.8 Å². The smallest absolute Gasteiger partial charge is 0.237 e. The number of nitrogens with one attached hydrogen (secondary N) is 2. The van der Waals surface area contributed by atoms with Crippen LogP contribution in [-0.4, -0.2) is 44.4 Å². The van der Waals surface area contributed by atoms with Crippen molar-refractivity contribution in [2.45, 2.75) is 33.2 Å². The molecule has 0 aliphatic heterocycles. The first kappa shape index (κ1) is 16.3. The number of carbonyl (C=O) groups excluding carboxylic acids is 1. The number of hydrogen-bond acceptors (Lipinski definition) is 4. The van der Waals surface area contributed by atoms with Crippen molar-refractivity contribution in [1.82, 2.24) is 10.0 Å². The molecule has 0 saturated carbocycles. The molecule has 0 aliphatic carbocycles.